The molecule has 2 aromatic heterocycles. The number of pyridine rings is 2. The van der Waals surface area contributed by atoms with Gasteiger partial charge in [0, 0.05) is 29.1 Å². The van der Waals surface area contributed by atoms with E-state index in [2.05, 4.69) is 6.08 Å². The number of halogens is 1. The van der Waals surface area contributed by atoms with Crippen molar-refractivity contribution in [2.45, 2.75) is 64.8 Å². The summed E-state index contributed by atoms with van der Waals surface area (Å²) in [6.07, 6.45) is 5.07. The second-order valence-electron chi connectivity index (χ2n) is 9.60. The first-order valence-corrected chi connectivity index (χ1v) is 12.0. The summed E-state index contributed by atoms with van der Waals surface area (Å²) in [4.78, 5) is 30.8. The smallest absolute Gasteiger partial charge is 0.343 e. The molecule has 0 bridgehead atoms. The predicted octanol–water partition coefficient (Wildman–Crippen LogP) is 3.55. The highest BCUT2D eigenvalue weighted by Crippen LogP contribution is 2.43. The van der Waals surface area contributed by atoms with Crippen molar-refractivity contribution in [1.29, 1.82) is 0 Å². The molecule has 0 amide bonds. The standard InChI is InChI=1S/C27H26FN3O4/c1-3-27(34)18-8-21-24-16(11-31(21)25(32)17(18)12-35-26(27)33)15(10-29)23-20(30-24)9-19(28)13(2)22(23)14-6-4-5-7-14/h6,8-9,34H,3-5,7,10-12,29H2,1-2H3/t27-/m0/s1. The summed E-state index contributed by atoms with van der Waals surface area (Å²) >= 11 is 0. The Kier molecular flexibility index (Phi) is 4.78. The van der Waals surface area contributed by atoms with Crippen LogP contribution in [-0.2, 0) is 34.8 Å². The van der Waals surface area contributed by atoms with Crippen molar-refractivity contribution in [2.24, 2.45) is 5.73 Å². The number of cyclic esters (lactones) is 1. The van der Waals surface area contributed by atoms with Gasteiger partial charge in [0.25, 0.3) is 5.56 Å². The fraction of sp³-hybridized carbons (Fsp3) is 0.370. The number of nitrogens with zero attached hydrogens (tertiary/aromatic N) is 2. The number of esters is 1. The first-order valence-electron chi connectivity index (χ1n) is 12.0. The van der Waals surface area contributed by atoms with Gasteiger partial charge in [0.1, 0.15) is 12.4 Å². The van der Waals surface area contributed by atoms with Crippen LogP contribution in [0.4, 0.5) is 4.39 Å². The van der Waals surface area contributed by atoms with Crippen molar-refractivity contribution in [3.05, 3.63) is 67.8 Å². The molecule has 3 aliphatic rings. The maximum absolute atomic E-state index is 15.1. The van der Waals surface area contributed by atoms with E-state index < -0.39 is 11.6 Å². The average molecular weight is 476 g/mol. The summed E-state index contributed by atoms with van der Waals surface area (Å²) in [5, 5.41) is 11.9. The molecule has 1 atom stereocenters. The molecule has 6 rings (SSSR count). The van der Waals surface area contributed by atoms with E-state index in [0.29, 0.717) is 22.5 Å². The number of carbonyl (C=O) groups excluding carboxylic acids is 1. The van der Waals surface area contributed by atoms with E-state index in [1.165, 1.54) is 6.07 Å². The minimum absolute atomic E-state index is 0.0662. The summed E-state index contributed by atoms with van der Waals surface area (Å²) in [5.41, 5.74) is 10.3. The summed E-state index contributed by atoms with van der Waals surface area (Å²) < 4.78 is 21.8. The maximum atomic E-state index is 15.1. The van der Waals surface area contributed by atoms with Gasteiger partial charge in [-0.2, -0.15) is 0 Å². The fourth-order valence-corrected chi connectivity index (χ4v) is 5.93. The zero-order valence-corrected chi connectivity index (χ0v) is 19.7. The maximum Gasteiger partial charge on any atom is 0.343 e. The normalized spacial score (nSPS) is 20.5. The van der Waals surface area contributed by atoms with Crippen LogP contribution in [0.1, 0.15) is 66.0 Å². The summed E-state index contributed by atoms with van der Waals surface area (Å²) in [6.45, 7) is 3.73. The van der Waals surface area contributed by atoms with Gasteiger partial charge in [-0.15, -0.1) is 0 Å². The zero-order chi connectivity index (χ0) is 24.6. The van der Waals surface area contributed by atoms with Crippen molar-refractivity contribution >= 4 is 22.4 Å². The number of rotatable bonds is 3. The Morgan fingerprint density at radius 3 is 2.77 bits per heavy atom. The first kappa shape index (κ1) is 22.1. The third-order valence-corrected chi connectivity index (χ3v) is 7.85. The van der Waals surface area contributed by atoms with E-state index in [1.54, 1.807) is 24.5 Å². The van der Waals surface area contributed by atoms with Crippen LogP contribution in [-0.4, -0.2) is 20.6 Å². The molecule has 7 nitrogen and oxygen atoms in total. The third-order valence-electron chi connectivity index (χ3n) is 7.85. The minimum atomic E-state index is -1.90. The second-order valence-corrected chi connectivity index (χ2v) is 9.60. The lowest BCUT2D eigenvalue weighted by Crippen LogP contribution is -2.44. The van der Waals surface area contributed by atoms with E-state index in [0.717, 1.165) is 46.9 Å². The Bertz CT molecular complexity index is 1550. The van der Waals surface area contributed by atoms with Crippen molar-refractivity contribution in [2.75, 3.05) is 0 Å². The topological polar surface area (TPSA) is 107 Å². The van der Waals surface area contributed by atoms with Crippen LogP contribution in [0, 0.1) is 12.7 Å². The van der Waals surface area contributed by atoms with Gasteiger partial charge < -0.3 is 20.1 Å². The molecule has 0 radical (unpaired) electrons. The quantitative estimate of drug-likeness (QED) is 0.439. The highest BCUT2D eigenvalue weighted by atomic mass is 19.1. The monoisotopic (exact) mass is 475 g/mol. The molecular weight excluding hydrogens is 449 g/mol. The Balaban J connectivity index is 1.68. The molecule has 0 fully saturated rings. The van der Waals surface area contributed by atoms with Gasteiger partial charge in [0.05, 0.1) is 29.0 Å². The number of benzene rings is 1. The number of fused-ring (bicyclic) bond motifs is 5. The molecule has 2 aliphatic heterocycles. The van der Waals surface area contributed by atoms with E-state index in [-0.39, 0.29) is 48.6 Å². The van der Waals surface area contributed by atoms with Crippen LogP contribution >= 0.6 is 0 Å². The van der Waals surface area contributed by atoms with E-state index in [1.807, 2.05) is 0 Å². The van der Waals surface area contributed by atoms with Crippen LogP contribution in [0.15, 0.2) is 23.0 Å². The second kappa shape index (κ2) is 7.57. The predicted molar refractivity (Wildman–Crippen MR) is 129 cm³/mol. The molecule has 0 saturated heterocycles. The molecule has 0 saturated carbocycles. The van der Waals surface area contributed by atoms with Gasteiger partial charge in [-0.05, 0) is 60.9 Å². The van der Waals surface area contributed by atoms with Crippen LogP contribution in [0.5, 0.6) is 0 Å². The Morgan fingerprint density at radius 2 is 2.09 bits per heavy atom. The molecule has 1 aromatic carbocycles. The zero-order valence-electron chi connectivity index (χ0n) is 19.7. The lowest BCUT2D eigenvalue weighted by molar-refractivity contribution is -0.172. The Labute approximate surface area is 201 Å². The molecule has 3 N–H and O–H groups in total. The number of allylic oxidation sites excluding steroid dienone is 2. The Morgan fingerprint density at radius 1 is 1.29 bits per heavy atom. The van der Waals surface area contributed by atoms with Crippen molar-refractivity contribution in [1.82, 2.24) is 9.55 Å². The van der Waals surface area contributed by atoms with Gasteiger partial charge in [0.2, 0.25) is 0 Å². The molecule has 1 aliphatic carbocycles. The van der Waals surface area contributed by atoms with Gasteiger partial charge in [0.15, 0.2) is 5.60 Å². The number of aromatic nitrogens is 2. The van der Waals surface area contributed by atoms with Gasteiger partial charge >= 0.3 is 5.97 Å². The number of hydrogen-bond acceptors (Lipinski definition) is 6. The lowest BCUT2D eigenvalue weighted by atomic mass is 9.86. The molecule has 3 aromatic rings. The lowest BCUT2D eigenvalue weighted by Gasteiger charge is -2.31. The number of hydrogen-bond donors (Lipinski definition) is 2. The van der Waals surface area contributed by atoms with Crippen LogP contribution in [0.25, 0.3) is 27.9 Å². The number of ether oxygens (including phenoxy) is 1. The molecule has 180 valence electrons. The first-order chi connectivity index (χ1) is 16.8. The molecule has 0 spiro atoms. The SMILES string of the molecule is CC[C@@]1(O)C(=O)OCc2c1cc1n(c2=O)Cc2c-1nc1cc(F)c(C)c(C3=CCCC3)c1c2CN. The molecule has 35 heavy (non-hydrogen) atoms. The van der Waals surface area contributed by atoms with Crippen LogP contribution < -0.4 is 11.3 Å². The summed E-state index contributed by atoms with van der Waals surface area (Å²) in [5.74, 6) is -1.10. The van der Waals surface area contributed by atoms with E-state index in [4.69, 9.17) is 15.5 Å². The van der Waals surface area contributed by atoms with Crippen LogP contribution in [0.3, 0.4) is 0 Å². The van der Waals surface area contributed by atoms with Crippen molar-refractivity contribution < 1.29 is 19.0 Å². The van der Waals surface area contributed by atoms with E-state index >= 15 is 4.39 Å². The van der Waals surface area contributed by atoms with E-state index in [9.17, 15) is 14.7 Å². The molecule has 8 heteroatoms. The van der Waals surface area contributed by atoms with Gasteiger partial charge in [-0.3, -0.25) is 4.79 Å². The van der Waals surface area contributed by atoms with Crippen molar-refractivity contribution in [3.8, 4) is 11.4 Å². The highest BCUT2D eigenvalue weighted by Gasteiger charge is 2.45. The summed E-state index contributed by atoms with van der Waals surface area (Å²) in [7, 11) is 0. The number of nitrogens with two attached hydrogens (primary N) is 1. The third kappa shape index (κ3) is 2.87. The highest BCUT2D eigenvalue weighted by molar-refractivity contribution is 5.98. The van der Waals surface area contributed by atoms with Gasteiger partial charge in [-0.1, -0.05) is 13.0 Å². The Hall–Kier alpha value is -3.36. The molecular formula is C27H26FN3O4. The van der Waals surface area contributed by atoms with Crippen molar-refractivity contribution in [3.63, 3.8) is 0 Å². The molecule has 0 unspecified atom stereocenters. The summed E-state index contributed by atoms with van der Waals surface area (Å²) in [6, 6.07) is 3.10. The van der Waals surface area contributed by atoms with Gasteiger partial charge in [-0.25, -0.2) is 14.2 Å². The fourth-order valence-electron chi connectivity index (χ4n) is 5.93. The largest absolute Gasteiger partial charge is 0.458 e. The average Bonchev–Trinajstić information content (AvgIpc) is 3.50. The number of aliphatic hydroxyl groups is 1. The minimum Gasteiger partial charge on any atom is -0.458 e. The molecule has 4 heterocycles. The number of carbonyl (C=O) groups is 1. The van der Waals surface area contributed by atoms with Crippen LogP contribution in [0.2, 0.25) is 0 Å².